The lowest BCUT2D eigenvalue weighted by atomic mass is 10.1. The molecule has 94 valence electrons. The maximum atomic E-state index is 9.21. The lowest BCUT2D eigenvalue weighted by Crippen LogP contribution is -2.13. The van der Waals surface area contributed by atoms with Crippen LogP contribution in [0.2, 0.25) is 0 Å². The molecule has 5 nitrogen and oxygen atoms in total. The molecule has 1 fully saturated rings. The van der Waals surface area contributed by atoms with Gasteiger partial charge in [-0.1, -0.05) is 17.3 Å². The van der Waals surface area contributed by atoms with E-state index >= 15 is 0 Å². The molecule has 1 saturated carbocycles. The molecule has 1 aromatic carbocycles. The standard InChI is InChI=1S/C13H15N3O2/c14-11(7-8-1-5-10(17)6-2-8)13-15-12(16-18-13)9-3-4-9/h1-2,5-6,9,11,17H,3-4,7,14H2/t11-/m0/s1. The van der Waals surface area contributed by atoms with E-state index in [4.69, 9.17) is 10.3 Å². The third-order valence-electron chi connectivity index (χ3n) is 3.11. The molecule has 3 rings (SSSR count). The molecule has 1 aromatic heterocycles. The summed E-state index contributed by atoms with van der Waals surface area (Å²) in [5.41, 5.74) is 7.07. The minimum absolute atomic E-state index is 0.251. The molecule has 0 radical (unpaired) electrons. The number of benzene rings is 1. The monoisotopic (exact) mass is 245 g/mol. The Morgan fingerprint density at radius 1 is 1.33 bits per heavy atom. The lowest BCUT2D eigenvalue weighted by Gasteiger charge is -2.06. The second-order valence-electron chi connectivity index (χ2n) is 4.74. The summed E-state index contributed by atoms with van der Waals surface area (Å²) >= 11 is 0. The highest BCUT2D eigenvalue weighted by molar-refractivity contribution is 5.26. The quantitative estimate of drug-likeness (QED) is 0.859. The molecular weight excluding hydrogens is 230 g/mol. The summed E-state index contributed by atoms with van der Waals surface area (Å²) in [6.07, 6.45) is 2.91. The molecule has 0 spiro atoms. The van der Waals surface area contributed by atoms with Crippen LogP contribution in [0.4, 0.5) is 0 Å². The predicted octanol–water partition coefficient (Wildman–Crippen LogP) is 1.90. The van der Waals surface area contributed by atoms with Crippen LogP contribution < -0.4 is 5.73 Å². The molecule has 0 amide bonds. The van der Waals surface area contributed by atoms with Gasteiger partial charge in [-0.2, -0.15) is 4.98 Å². The van der Waals surface area contributed by atoms with Gasteiger partial charge in [0.25, 0.3) is 0 Å². The number of aromatic nitrogens is 2. The zero-order valence-electron chi connectivity index (χ0n) is 9.91. The Morgan fingerprint density at radius 2 is 2.06 bits per heavy atom. The molecule has 0 unspecified atom stereocenters. The van der Waals surface area contributed by atoms with Gasteiger partial charge in [0.15, 0.2) is 5.82 Å². The Bertz CT molecular complexity index is 531. The van der Waals surface area contributed by atoms with Crippen LogP contribution in [0.3, 0.4) is 0 Å². The topological polar surface area (TPSA) is 85.2 Å². The maximum Gasteiger partial charge on any atom is 0.243 e. The minimum Gasteiger partial charge on any atom is -0.508 e. The number of nitrogens with zero attached hydrogens (tertiary/aromatic N) is 2. The van der Waals surface area contributed by atoms with E-state index in [-0.39, 0.29) is 11.8 Å². The average molecular weight is 245 g/mol. The normalized spacial score (nSPS) is 16.7. The summed E-state index contributed by atoms with van der Waals surface area (Å²) in [6.45, 7) is 0. The van der Waals surface area contributed by atoms with Crippen LogP contribution in [0.5, 0.6) is 5.75 Å². The first kappa shape index (κ1) is 11.2. The van der Waals surface area contributed by atoms with E-state index in [1.54, 1.807) is 12.1 Å². The zero-order valence-corrected chi connectivity index (χ0v) is 9.91. The Labute approximate surface area is 105 Å². The van der Waals surface area contributed by atoms with E-state index in [0.717, 1.165) is 24.2 Å². The molecule has 0 aliphatic heterocycles. The van der Waals surface area contributed by atoms with Crippen molar-refractivity contribution in [3.63, 3.8) is 0 Å². The summed E-state index contributed by atoms with van der Waals surface area (Å²) in [4.78, 5) is 4.33. The number of hydrogen-bond donors (Lipinski definition) is 2. The summed E-state index contributed by atoms with van der Waals surface area (Å²) in [7, 11) is 0. The number of phenolic OH excluding ortho intramolecular Hbond substituents is 1. The van der Waals surface area contributed by atoms with Crippen LogP contribution in [-0.4, -0.2) is 15.2 Å². The van der Waals surface area contributed by atoms with Crippen molar-refractivity contribution in [2.75, 3.05) is 0 Å². The van der Waals surface area contributed by atoms with Gasteiger partial charge in [0.2, 0.25) is 5.89 Å². The highest BCUT2D eigenvalue weighted by atomic mass is 16.5. The highest BCUT2D eigenvalue weighted by Crippen LogP contribution is 2.38. The third-order valence-corrected chi connectivity index (χ3v) is 3.11. The molecule has 18 heavy (non-hydrogen) atoms. The number of phenols is 1. The van der Waals surface area contributed by atoms with E-state index < -0.39 is 0 Å². The van der Waals surface area contributed by atoms with Gasteiger partial charge < -0.3 is 15.4 Å². The van der Waals surface area contributed by atoms with Crippen molar-refractivity contribution >= 4 is 0 Å². The van der Waals surface area contributed by atoms with Crippen molar-refractivity contribution in [2.24, 2.45) is 5.73 Å². The van der Waals surface area contributed by atoms with Crippen LogP contribution in [-0.2, 0) is 6.42 Å². The first-order chi connectivity index (χ1) is 8.72. The summed E-state index contributed by atoms with van der Waals surface area (Å²) < 4.78 is 5.19. The fourth-order valence-electron chi connectivity index (χ4n) is 1.88. The van der Waals surface area contributed by atoms with Gasteiger partial charge in [-0.3, -0.25) is 0 Å². The molecular formula is C13H15N3O2. The largest absolute Gasteiger partial charge is 0.508 e. The smallest absolute Gasteiger partial charge is 0.243 e. The van der Waals surface area contributed by atoms with Crippen LogP contribution in [0.15, 0.2) is 28.8 Å². The number of rotatable bonds is 4. The van der Waals surface area contributed by atoms with Crippen molar-refractivity contribution in [3.05, 3.63) is 41.5 Å². The molecule has 1 atom stereocenters. The van der Waals surface area contributed by atoms with Gasteiger partial charge >= 0.3 is 0 Å². The molecule has 1 heterocycles. The number of aromatic hydroxyl groups is 1. The Balaban J connectivity index is 1.69. The fourth-order valence-corrected chi connectivity index (χ4v) is 1.88. The van der Waals surface area contributed by atoms with Gasteiger partial charge in [0.05, 0.1) is 6.04 Å². The first-order valence-electron chi connectivity index (χ1n) is 6.09. The van der Waals surface area contributed by atoms with Crippen molar-refractivity contribution in [3.8, 4) is 5.75 Å². The van der Waals surface area contributed by atoms with E-state index in [0.29, 0.717) is 18.2 Å². The third kappa shape index (κ3) is 2.36. The molecule has 1 aliphatic rings. The predicted molar refractivity (Wildman–Crippen MR) is 65.0 cm³/mol. The summed E-state index contributed by atoms with van der Waals surface area (Å²) in [6, 6.07) is 6.67. The van der Waals surface area contributed by atoms with Gasteiger partial charge in [-0.05, 0) is 37.0 Å². The van der Waals surface area contributed by atoms with Gasteiger partial charge in [0, 0.05) is 5.92 Å². The Morgan fingerprint density at radius 3 is 2.72 bits per heavy atom. The van der Waals surface area contributed by atoms with Gasteiger partial charge in [-0.25, -0.2) is 0 Å². The second-order valence-corrected chi connectivity index (χ2v) is 4.74. The van der Waals surface area contributed by atoms with Crippen molar-refractivity contribution < 1.29 is 9.63 Å². The van der Waals surface area contributed by atoms with Crippen LogP contribution in [0.1, 0.15) is 42.1 Å². The van der Waals surface area contributed by atoms with Gasteiger partial charge in [0.1, 0.15) is 5.75 Å². The van der Waals surface area contributed by atoms with E-state index in [1.807, 2.05) is 12.1 Å². The van der Waals surface area contributed by atoms with E-state index in [1.165, 1.54) is 0 Å². The fraction of sp³-hybridized carbons (Fsp3) is 0.385. The first-order valence-corrected chi connectivity index (χ1v) is 6.09. The lowest BCUT2D eigenvalue weighted by molar-refractivity contribution is 0.350. The van der Waals surface area contributed by atoms with Crippen LogP contribution in [0.25, 0.3) is 0 Å². The molecule has 5 heteroatoms. The van der Waals surface area contributed by atoms with E-state index in [9.17, 15) is 5.11 Å². The average Bonchev–Trinajstić information content (AvgIpc) is 3.10. The number of nitrogens with two attached hydrogens (primary N) is 1. The highest BCUT2D eigenvalue weighted by Gasteiger charge is 2.29. The molecule has 0 bridgehead atoms. The van der Waals surface area contributed by atoms with Crippen molar-refractivity contribution in [2.45, 2.75) is 31.2 Å². The van der Waals surface area contributed by atoms with Crippen LogP contribution in [0, 0.1) is 0 Å². The molecule has 1 aliphatic carbocycles. The zero-order chi connectivity index (χ0) is 12.5. The molecule has 3 N–H and O–H groups in total. The molecule has 0 saturated heterocycles. The van der Waals surface area contributed by atoms with Crippen molar-refractivity contribution in [1.82, 2.24) is 10.1 Å². The second kappa shape index (κ2) is 4.42. The summed E-state index contributed by atoms with van der Waals surface area (Å²) in [5.74, 6) is 2.00. The van der Waals surface area contributed by atoms with Crippen LogP contribution >= 0.6 is 0 Å². The van der Waals surface area contributed by atoms with E-state index in [2.05, 4.69) is 10.1 Å². The SMILES string of the molecule is N[C@@H](Cc1ccc(O)cc1)c1nc(C2CC2)no1. The van der Waals surface area contributed by atoms with Gasteiger partial charge in [-0.15, -0.1) is 0 Å². The number of hydrogen-bond acceptors (Lipinski definition) is 5. The summed E-state index contributed by atoms with van der Waals surface area (Å²) in [5, 5.41) is 13.2. The van der Waals surface area contributed by atoms with Crippen molar-refractivity contribution in [1.29, 1.82) is 0 Å². The minimum atomic E-state index is -0.297. The Kier molecular flexibility index (Phi) is 2.76. The Hall–Kier alpha value is -1.88. The molecule has 2 aromatic rings. The maximum absolute atomic E-state index is 9.21.